The van der Waals surface area contributed by atoms with Crippen molar-refractivity contribution in [1.82, 2.24) is 30.1 Å². The molecule has 0 aliphatic rings. The maximum absolute atomic E-state index is 11.7. The zero-order chi connectivity index (χ0) is 22.2. The largest absolute Gasteiger partial charge is 0.366 e. The zero-order valence-electron chi connectivity index (χ0n) is 17.0. The highest BCUT2D eigenvalue weighted by Crippen LogP contribution is 2.30. The highest BCUT2D eigenvalue weighted by atomic mass is 16.1. The molecule has 158 valence electrons. The van der Waals surface area contributed by atoms with E-state index in [9.17, 15) is 9.59 Å². The normalized spacial score (nSPS) is 11.2. The van der Waals surface area contributed by atoms with Gasteiger partial charge in [0.2, 0.25) is 5.91 Å². The van der Waals surface area contributed by atoms with Crippen molar-refractivity contribution in [3.63, 3.8) is 0 Å². The van der Waals surface area contributed by atoms with Crippen molar-refractivity contribution < 1.29 is 9.59 Å². The first-order valence-electron chi connectivity index (χ1n) is 9.91. The highest BCUT2D eigenvalue weighted by Gasteiger charge is 2.17. The number of pyridine rings is 2. The lowest BCUT2D eigenvalue weighted by atomic mass is 10.1. The second kappa shape index (κ2) is 7.58. The van der Waals surface area contributed by atoms with Gasteiger partial charge in [0.1, 0.15) is 11.2 Å². The minimum absolute atomic E-state index is 0.0881. The van der Waals surface area contributed by atoms with E-state index in [2.05, 4.69) is 35.5 Å². The monoisotopic (exact) mass is 426 g/mol. The van der Waals surface area contributed by atoms with E-state index in [1.54, 1.807) is 37.6 Å². The summed E-state index contributed by atoms with van der Waals surface area (Å²) in [4.78, 5) is 39.9. The summed E-state index contributed by atoms with van der Waals surface area (Å²) in [5.74, 6) is -0.123. The summed E-state index contributed by atoms with van der Waals surface area (Å²) in [5, 5.41) is 10.8. The molecule has 0 bridgehead atoms. The van der Waals surface area contributed by atoms with Crippen LogP contribution in [0.3, 0.4) is 0 Å². The molecule has 2 amide bonds. The number of anilines is 1. The molecule has 10 heteroatoms. The lowest BCUT2D eigenvalue weighted by molar-refractivity contribution is -0.115. The SMILES string of the molecule is CCC(=O)Nc1cncc(-c2cnc3n[nH]c(-c4nc5c(C(N)=O)cccc5[nH]4)c3c2)c1. The van der Waals surface area contributed by atoms with Gasteiger partial charge in [-0.2, -0.15) is 5.10 Å². The van der Waals surface area contributed by atoms with Crippen LogP contribution in [0.2, 0.25) is 0 Å². The molecule has 4 heterocycles. The van der Waals surface area contributed by atoms with E-state index in [-0.39, 0.29) is 5.91 Å². The Bertz CT molecular complexity index is 1500. The van der Waals surface area contributed by atoms with Crippen LogP contribution >= 0.6 is 0 Å². The molecule has 32 heavy (non-hydrogen) atoms. The Morgan fingerprint density at radius 1 is 1.12 bits per heavy atom. The first kappa shape index (κ1) is 19.4. The molecule has 0 aliphatic heterocycles. The van der Waals surface area contributed by atoms with Gasteiger partial charge in [-0.05, 0) is 24.3 Å². The predicted molar refractivity (Wildman–Crippen MR) is 120 cm³/mol. The Hall–Kier alpha value is -4.60. The van der Waals surface area contributed by atoms with Crippen molar-refractivity contribution in [3.8, 4) is 22.6 Å². The van der Waals surface area contributed by atoms with Crippen molar-refractivity contribution in [3.05, 3.63) is 54.5 Å². The van der Waals surface area contributed by atoms with Crippen LogP contribution in [-0.4, -0.2) is 41.9 Å². The van der Waals surface area contributed by atoms with E-state index < -0.39 is 5.91 Å². The number of carbonyl (C=O) groups excluding carboxylic acids is 2. The first-order chi connectivity index (χ1) is 15.5. The Balaban J connectivity index is 1.59. The summed E-state index contributed by atoms with van der Waals surface area (Å²) in [5.41, 5.74) is 10.3. The summed E-state index contributed by atoms with van der Waals surface area (Å²) in [6.45, 7) is 1.79. The number of aromatic nitrogens is 6. The molecule has 0 saturated carbocycles. The van der Waals surface area contributed by atoms with Crippen LogP contribution in [0.25, 0.3) is 44.7 Å². The van der Waals surface area contributed by atoms with Gasteiger partial charge < -0.3 is 16.0 Å². The fourth-order valence-electron chi connectivity index (χ4n) is 3.50. The zero-order valence-corrected chi connectivity index (χ0v) is 17.0. The van der Waals surface area contributed by atoms with Gasteiger partial charge in [-0.25, -0.2) is 9.97 Å². The third-order valence-electron chi connectivity index (χ3n) is 5.10. The van der Waals surface area contributed by atoms with Crippen LogP contribution in [-0.2, 0) is 4.79 Å². The van der Waals surface area contributed by atoms with Crippen molar-refractivity contribution in [2.75, 3.05) is 5.32 Å². The number of nitrogens with one attached hydrogen (secondary N) is 3. The van der Waals surface area contributed by atoms with Crippen LogP contribution in [0, 0.1) is 0 Å². The third-order valence-corrected chi connectivity index (χ3v) is 5.10. The topological polar surface area (TPSA) is 155 Å². The maximum atomic E-state index is 11.7. The van der Waals surface area contributed by atoms with Gasteiger partial charge in [-0.3, -0.25) is 19.7 Å². The molecule has 1 aromatic carbocycles. The molecule has 0 aliphatic carbocycles. The predicted octanol–water partition coefficient (Wildman–Crippen LogP) is 3.01. The second-order valence-electron chi connectivity index (χ2n) is 7.21. The number of primary amides is 1. The highest BCUT2D eigenvalue weighted by molar-refractivity contribution is 6.05. The van der Waals surface area contributed by atoms with E-state index >= 15 is 0 Å². The number of hydrogen-bond acceptors (Lipinski definition) is 6. The molecule has 0 radical (unpaired) electrons. The van der Waals surface area contributed by atoms with Crippen molar-refractivity contribution in [2.24, 2.45) is 5.73 Å². The van der Waals surface area contributed by atoms with Gasteiger partial charge in [0, 0.05) is 29.9 Å². The first-order valence-corrected chi connectivity index (χ1v) is 9.91. The summed E-state index contributed by atoms with van der Waals surface area (Å²) in [6, 6.07) is 8.96. The number of carbonyl (C=O) groups is 2. The molecule has 10 nitrogen and oxygen atoms in total. The number of imidazole rings is 1. The number of para-hydroxylation sites is 1. The standard InChI is InChI=1S/C22H18N8O2/c1-2-17(31)26-13-6-11(8-24-10-13)12-7-15-19(29-30-21(15)25-9-12)22-27-16-5-3-4-14(20(23)32)18(16)28-22/h3-10H,2H2,1H3,(H2,23,32)(H,26,31)(H,27,28)(H,25,29,30). The van der Waals surface area contributed by atoms with Crippen molar-refractivity contribution in [1.29, 1.82) is 0 Å². The maximum Gasteiger partial charge on any atom is 0.250 e. The van der Waals surface area contributed by atoms with Gasteiger partial charge in [0.25, 0.3) is 5.91 Å². The smallest absolute Gasteiger partial charge is 0.250 e. The molecular weight excluding hydrogens is 408 g/mol. The number of H-pyrrole nitrogens is 2. The molecular formula is C22H18N8O2. The number of benzene rings is 1. The van der Waals surface area contributed by atoms with Crippen LogP contribution in [0.15, 0.2) is 48.9 Å². The number of nitrogens with zero attached hydrogens (tertiary/aromatic N) is 4. The molecule has 0 fully saturated rings. The van der Waals surface area contributed by atoms with Crippen LogP contribution in [0.4, 0.5) is 5.69 Å². The van der Waals surface area contributed by atoms with Gasteiger partial charge >= 0.3 is 0 Å². The van der Waals surface area contributed by atoms with Crippen LogP contribution in [0.1, 0.15) is 23.7 Å². The van der Waals surface area contributed by atoms with Gasteiger partial charge in [-0.1, -0.05) is 13.0 Å². The minimum Gasteiger partial charge on any atom is -0.366 e. The van der Waals surface area contributed by atoms with Gasteiger partial charge in [0.15, 0.2) is 11.5 Å². The van der Waals surface area contributed by atoms with E-state index in [0.717, 1.165) is 16.5 Å². The Morgan fingerprint density at radius 2 is 1.97 bits per heavy atom. The molecule has 5 rings (SSSR count). The van der Waals surface area contributed by atoms with E-state index in [1.807, 2.05) is 18.2 Å². The number of aromatic amines is 2. The van der Waals surface area contributed by atoms with E-state index in [0.29, 0.717) is 45.9 Å². The molecule has 5 N–H and O–H groups in total. The fourth-order valence-corrected chi connectivity index (χ4v) is 3.50. The van der Waals surface area contributed by atoms with Gasteiger partial charge in [0.05, 0.1) is 28.4 Å². The average Bonchev–Trinajstić information content (AvgIpc) is 3.42. The molecule has 0 spiro atoms. The lowest BCUT2D eigenvalue weighted by Gasteiger charge is -2.06. The van der Waals surface area contributed by atoms with Crippen molar-refractivity contribution in [2.45, 2.75) is 13.3 Å². The number of amides is 2. The molecule has 0 unspecified atom stereocenters. The quantitative estimate of drug-likeness (QED) is 0.338. The van der Waals surface area contributed by atoms with Crippen LogP contribution in [0.5, 0.6) is 0 Å². The Morgan fingerprint density at radius 3 is 2.78 bits per heavy atom. The average molecular weight is 426 g/mol. The van der Waals surface area contributed by atoms with E-state index in [4.69, 9.17) is 5.73 Å². The molecule has 0 saturated heterocycles. The number of nitrogens with two attached hydrogens (primary N) is 1. The lowest BCUT2D eigenvalue weighted by Crippen LogP contribution is -2.11. The summed E-state index contributed by atoms with van der Waals surface area (Å²) < 4.78 is 0. The number of rotatable bonds is 5. The summed E-state index contributed by atoms with van der Waals surface area (Å²) in [6.07, 6.45) is 5.37. The van der Waals surface area contributed by atoms with Crippen LogP contribution < -0.4 is 11.1 Å². The number of hydrogen-bond donors (Lipinski definition) is 4. The van der Waals surface area contributed by atoms with E-state index in [1.165, 1.54) is 0 Å². The minimum atomic E-state index is -0.547. The van der Waals surface area contributed by atoms with Crippen molar-refractivity contribution >= 4 is 39.6 Å². The third kappa shape index (κ3) is 3.33. The summed E-state index contributed by atoms with van der Waals surface area (Å²) in [7, 11) is 0. The number of fused-ring (bicyclic) bond motifs is 2. The Kier molecular flexibility index (Phi) is 4.59. The fraction of sp³-hybridized carbons (Fsp3) is 0.0909. The molecule has 4 aromatic heterocycles. The Labute approximate surface area is 181 Å². The second-order valence-corrected chi connectivity index (χ2v) is 7.21. The molecule has 5 aromatic rings. The van der Waals surface area contributed by atoms with Gasteiger partial charge in [-0.15, -0.1) is 0 Å². The summed E-state index contributed by atoms with van der Waals surface area (Å²) >= 11 is 0. The molecule has 0 atom stereocenters.